The number of aromatic nitrogens is 1. The van der Waals surface area contributed by atoms with E-state index in [0.717, 1.165) is 12.8 Å². The van der Waals surface area contributed by atoms with Crippen LogP contribution in [0.3, 0.4) is 0 Å². The van der Waals surface area contributed by atoms with Gasteiger partial charge in [0, 0.05) is 29.1 Å². The van der Waals surface area contributed by atoms with E-state index in [-0.39, 0.29) is 36.6 Å². The van der Waals surface area contributed by atoms with Gasteiger partial charge >= 0.3 is 0 Å². The van der Waals surface area contributed by atoms with E-state index in [1.165, 1.54) is 16.2 Å². The molecule has 0 spiro atoms. The Morgan fingerprint density at radius 3 is 2.52 bits per heavy atom. The lowest BCUT2D eigenvalue weighted by Crippen LogP contribution is -2.40. The van der Waals surface area contributed by atoms with Crippen LogP contribution in [0, 0.1) is 5.92 Å². The van der Waals surface area contributed by atoms with Gasteiger partial charge in [0.2, 0.25) is 11.8 Å². The van der Waals surface area contributed by atoms with Crippen molar-refractivity contribution in [3.63, 3.8) is 0 Å². The third-order valence-corrected chi connectivity index (χ3v) is 5.35. The van der Waals surface area contributed by atoms with Crippen LogP contribution < -0.4 is 10.6 Å². The van der Waals surface area contributed by atoms with Gasteiger partial charge in [-0.05, 0) is 36.6 Å². The number of halogens is 1. The molecule has 7 nitrogen and oxygen atoms in total. The lowest BCUT2D eigenvalue weighted by Gasteiger charge is -2.24. The Balaban J connectivity index is 1.95. The average Bonchev–Trinajstić information content (AvgIpc) is 3.13. The molecule has 0 saturated carbocycles. The molecule has 0 saturated heterocycles. The fourth-order valence-electron chi connectivity index (χ4n) is 2.84. The summed E-state index contributed by atoms with van der Waals surface area (Å²) in [4.78, 5) is 43.2. The van der Waals surface area contributed by atoms with Crippen molar-refractivity contribution in [1.82, 2.24) is 15.2 Å². The molecule has 0 aliphatic carbocycles. The SMILES string of the molecule is CCCCNC(=O)Cc1csc(NC(=O)CN(CC(C)C)C(=O)c2ccc(Cl)cc2)n1. The van der Waals surface area contributed by atoms with Crippen molar-refractivity contribution in [1.29, 1.82) is 0 Å². The lowest BCUT2D eigenvalue weighted by molar-refractivity contribution is -0.120. The van der Waals surface area contributed by atoms with Crippen LogP contribution in [0.5, 0.6) is 0 Å². The average molecular weight is 465 g/mol. The molecule has 0 fully saturated rings. The van der Waals surface area contributed by atoms with Crippen LogP contribution in [0.1, 0.15) is 49.7 Å². The number of thiazole rings is 1. The highest BCUT2D eigenvalue weighted by Crippen LogP contribution is 2.17. The van der Waals surface area contributed by atoms with Gasteiger partial charge in [-0.2, -0.15) is 0 Å². The molecule has 0 aliphatic heterocycles. The largest absolute Gasteiger partial charge is 0.356 e. The van der Waals surface area contributed by atoms with E-state index in [9.17, 15) is 14.4 Å². The van der Waals surface area contributed by atoms with Crippen molar-refractivity contribution in [2.24, 2.45) is 5.92 Å². The summed E-state index contributed by atoms with van der Waals surface area (Å²) < 4.78 is 0. The van der Waals surface area contributed by atoms with E-state index in [1.807, 2.05) is 13.8 Å². The van der Waals surface area contributed by atoms with Crippen molar-refractivity contribution >= 4 is 45.8 Å². The molecular weight excluding hydrogens is 436 g/mol. The number of nitrogens with one attached hydrogen (secondary N) is 2. The summed E-state index contributed by atoms with van der Waals surface area (Å²) in [6, 6.07) is 6.60. The Kier molecular flexibility index (Phi) is 9.94. The topological polar surface area (TPSA) is 91.4 Å². The van der Waals surface area contributed by atoms with Crippen LogP contribution in [0.25, 0.3) is 0 Å². The second-order valence-corrected chi connectivity index (χ2v) is 8.95. The van der Waals surface area contributed by atoms with Crippen LogP contribution in [-0.2, 0) is 16.0 Å². The van der Waals surface area contributed by atoms with Crippen molar-refractivity contribution in [3.8, 4) is 0 Å². The fraction of sp³-hybridized carbons (Fsp3) is 0.455. The molecule has 0 unspecified atom stereocenters. The van der Waals surface area contributed by atoms with E-state index < -0.39 is 0 Å². The summed E-state index contributed by atoms with van der Waals surface area (Å²) in [5.41, 5.74) is 1.08. The summed E-state index contributed by atoms with van der Waals surface area (Å²) in [5, 5.41) is 8.27. The third kappa shape index (κ3) is 8.67. The van der Waals surface area contributed by atoms with Crippen molar-refractivity contribution in [2.45, 2.75) is 40.0 Å². The van der Waals surface area contributed by atoms with Crippen molar-refractivity contribution < 1.29 is 14.4 Å². The van der Waals surface area contributed by atoms with Gasteiger partial charge < -0.3 is 15.5 Å². The van der Waals surface area contributed by atoms with Crippen molar-refractivity contribution in [3.05, 3.63) is 45.9 Å². The predicted octanol–water partition coefficient (Wildman–Crippen LogP) is 3.99. The number of nitrogens with zero attached hydrogens (tertiary/aromatic N) is 2. The molecule has 1 heterocycles. The summed E-state index contributed by atoms with van der Waals surface area (Å²) >= 11 is 7.15. The number of hydrogen-bond acceptors (Lipinski definition) is 5. The first-order valence-corrected chi connectivity index (χ1v) is 11.6. The Hall–Kier alpha value is -2.45. The molecule has 1 aromatic heterocycles. The number of benzene rings is 1. The van der Waals surface area contributed by atoms with E-state index in [0.29, 0.717) is 34.5 Å². The second kappa shape index (κ2) is 12.4. The smallest absolute Gasteiger partial charge is 0.254 e. The minimum atomic E-state index is -0.337. The molecule has 3 amide bonds. The van der Waals surface area contributed by atoms with Gasteiger partial charge in [-0.15, -0.1) is 11.3 Å². The summed E-state index contributed by atoms with van der Waals surface area (Å²) in [7, 11) is 0. The van der Waals surface area contributed by atoms with E-state index >= 15 is 0 Å². The van der Waals surface area contributed by atoms with Crippen LogP contribution in [-0.4, -0.2) is 47.2 Å². The molecular formula is C22H29ClN4O3S. The highest BCUT2D eigenvalue weighted by Gasteiger charge is 2.20. The Bertz CT molecular complexity index is 883. The monoisotopic (exact) mass is 464 g/mol. The van der Waals surface area contributed by atoms with Gasteiger partial charge in [0.05, 0.1) is 12.1 Å². The third-order valence-electron chi connectivity index (χ3n) is 4.29. The zero-order valence-electron chi connectivity index (χ0n) is 18.1. The van der Waals surface area contributed by atoms with E-state index in [1.54, 1.807) is 29.6 Å². The number of amides is 3. The quantitative estimate of drug-likeness (QED) is 0.492. The lowest BCUT2D eigenvalue weighted by atomic mass is 10.1. The number of carbonyl (C=O) groups excluding carboxylic acids is 3. The van der Waals surface area contributed by atoms with Gasteiger partial charge in [0.1, 0.15) is 6.54 Å². The highest BCUT2D eigenvalue weighted by atomic mass is 35.5. The van der Waals surface area contributed by atoms with Crippen LogP contribution in [0.2, 0.25) is 5.02 Å². The molecule has 1 aromatic carbocycles. The molecule has 31 heavy (non-hydrogen) atoms. The van der Waals surface area contributed by atoms with E-state index in [2.05, 4.69) is 22.5 Å². The van der Waals surface area contributed by atoms with Gasteiger partial charge in [-0.25, -0.2) is 4.98 Å². The molecule has 9 heteroatoms. The summed E-state index contributed by atoms with van der Waals surface area (Å²) in [5.74, 6) is -0.463. The first kappa shape index (κ1) is 24.8. The predicted molar refractivity (Wildman–Crippen MR) is 125 cm³/mol. The van der Waals surface area contributed by atoms with Gasteiger partial charge in [-0.3, -0.25) is 14.4 Å². The molecule has 0 aliphatic rings. The molecule has 0 radical (unpaired) electrons. The van der Waals surface area contributed by atoms with Gasteiger partial charge in [-0.1, -0.05) is 38.8 Å². The number of carbonyl (C=O) groups is 3. The minimum Gasteiger partial charge on any atom is -0.356 e. The summed E-state index contributed by atoms with van der Waals surface area (Å²) in [6.45, 7) is 7.03. The van der Waals surface area contributed by atoms with Gasteiger partial charge in [0.25, 0.3) is 5.91 Å². The highest BCUT2D eigenvalue weighted by molar-refractivity contribution is 7.13. The first-order chi connectivity index (χ1) is 14.8. The normalized spacial score (nSPS) is 10.7. The van der Waals surface area contributed by atoms with E-state index in [4.69, 9.17) is 11.6 Å². The minimum absolute atomic E-state index is 0.0895. The standard InChI is InChI=1S/C22H29ClN4O3S/c1-4-5-10-24-19(28)11-18-14-31-22(25-18)26-20(29)13-27(12-15(2)3)21(30)16-6-8-17(23)9-7-16/h6-9,14-15H,4-5,10-13H2,1-3H3,(H,24,28)(H,25,26,29). The molecule has 2 aromatic rings. The van der Waals surface area contributed by atoms with Crippen LogP contribution >= 0.6 is 22.9 Å². The van der Waals surface area contributed by atoms with Gasteiger partial charge in [0.15, 0.2) is 5.13 Å². The number of anilines is 1. The summed E-state index contributed by atoms with van der Waals surface area (Å²) in [6.07, 6.45) is 2.12. The Labute approximate surface area is 192 Å². The van der Waals surface area contributed by atoms with Crippen LogP contribution in [0.15, 0.2) is 29.6 Å². The number of rotatable bonds is 11. The molecule has 2 N–H and O–H groups in total. The molecule has 168 valence electrons. The zero-order valence-corrected chi connectivity index (χ0v) is 19.7. The Morgan fingerprint density at radius 1 is 1.16 bits per heavy atom. The zero-order chi connectivity index (χ0) is 22.8. The first-order valence-electron chi connectivity index (χ1n) is 10.3. The maximum atomic E-state index is 12.9. The maximum absolute atomic E-state index is 12.9. The fourth-order valence-corrected chi connectivity index (χ4v) is 3.70. The number of hydrogen-bond donors (Lipinski definition) is 2. The molecule has 0 atom stereocenters. The number of unbranched alkanes of at least 4 members (excludes halogenated alkanes) is 1. The Morgan fingerprint density at radius 2 is 1.87 bits per heavy atom. The molecule has 0 bridgehead atoms. The van der Waals surface area contributed by atoms with Crippen molar-refractivity contribution in [2.75, 3.05) is 25.0 Å². The maximum Gasteiger partial charge on any atom is 0.254 e. The second-order valence-electron chi connectivity index (χ2n) is 7.66. The van der Waals surface area contributed by atoms with Crippen LogP contribution in [0.4, 0.5) is 5.13 Å². The molecule has 2 rings (SSSR count).